The van der Waals surface area contributed by atoms with Crippen molar-refractivity contribution in [3.05, 3.63) is 49.9 Å². The number of nitrogens with one attached hydrogen (secondary N) is 2. The number of aryl methyl sites for hydroxylation is 2. The first-order chi connectivity index (χ1) is 10.6. The molecule has 0 unspecified atom stereocenters. The molecule has 0 amide bonds. The average Bonchev–Trinajstić information content (AvgIpc) is 2.89. The number of guanidine groups is 1. The van der Waals surface area contributed by atoms with Crippen LogP contribution in [0.4, 0.5) is 0 Å². The van der Waals surface area contributed by atoms with Gasteiger partial charge in [0.15, 0.2) is 5.96 Å². The van der Waals surface area contributed by atoms with Crippen LogP contribution in [0.25, 0.3) is 0 Å². The number of benzene rings is 1. The van der Waals surface area contributed by atoms with E-state index in [2.05, 4.69) is 75.5 Å². The number of nitrogens with zero attached hydrogens (tertiary/aromatic N) is 2. The normalized spacial score (nSPS) is 11.5. The lowest BCUT2D eigenvalue weighted by Gasteiger charge is -2.11. The maximum Gasteiger partial charge on any atom is 0.191 e. The van der Waals surface area contributed by atoms with Crippen molar-refractivity contribution in [2.75, 3.05) is 6.54 Å². The second-order valence-electron chi connectivity index (χ2n) is 4.98. The summed E-state index contributed by atoms with van der Waals surface area (Å²) in [6.07, 6.45) is 1.90. The van der Waals surface area contributed by atoms with Gasteiger partial charge in [-0.05, 0) is 44.0 Å². The molecular formula is C16H21BrN4S. The third-order valence-electron chi connectivity index (χ3n) is 3.13. The molecule has 2 aromatic rings. The molecule has 6 heteroatoms. The average molecular weight is 381 g/mol. The van der Waals surface area contributed by atoms with Crippen LogP contribution in [0.5, 0.6) is 0 Å². The van der Waals surface area contributed by atoms with E-state index in [9.17, 15) is 0 Å². The molecule has 1 aromatic heterocycles. The van der Waals surface area contributed by atoms with Crippen molar-refractivity contribution in [1.29, 1.82) is 0 Å². The quantitative estimate of drug-likeness (QED) is 0.612. The molecular weight excluding hydrogens is 360 g/mol. The van der Waals surface area contributed by atoms with E-state index in [1.54, 1.807) is 11.3 Å². The molecule has 0 spiro atoms. The van der Waals surface area contributed by atoms with Crippen molar-refractivity contribution in [3.63, 3.8) is 0 Å². The van der Waals surface area contributed by atoms with Crippen LogP contribution in [0.3, 0.4) is 0 Å². The summed E-state index contributed by atoms with van der Waals surface area (Å²) >= 11 is 5.19. The predicted octanol–water partition coefficient (Wildman–Crippen LogP) is 3.78. The lowest BCUT2D eigenvalue weighted by atomic mass is 10.1. The Labute approximate surface area is 144 Å². The zero-order valence-corrected chi connectivity index (χ0v) is 15.5. The first kappa shape index (κ1) is 17.0. The predicted molar refractivity (Wildman–Crippen MR) is 97.4 cm³/mol. The minimum absolute atomic E-state index is 0.658. The van der Waals surface area contributed by atoms with E-state index in [0.717, 1.165) is 22.0 Å². The van der Waals surface area contributed by atoms with Crippen LogP contribution in [0.1, 0.15) is 27.9 Å². The van der Waals surface area contributed by atoms with Gasteiger partial charge in [-0.3, -0.25) is 0 Å². The molecule has 0 bridgehead atoms. The fourth-order valence-electron chi connectivity index (χ4n) is 1.99. The topological polar surface area (TPSA) is 49.3 Å². The van der Waals surface area contributed by atoms with Crippen molar-refractivity contribution < 1.29 is 0 Å². The highest BCUT2D eigenvalue weighted by atomic mass is 79.9. The number of aliphatic imine (C=N–C) groups is 1. The first-order valence-corrected chi connectivity index (χ1v) is 8.88. The number of hydrogen-bond donors (Lipinski definition) is 2. The minimum atomic E-state index is 0.658. The van der Waals surface area contributed by atoms with E-state index in [0.29, 0.717) is 13.1 Å². The van der Waals surface area contributed by atoms with Gasteiger partial charge in [-0.25, -0.2) is 9.98 Å². The van der Waals surface area contributed by atoms with Crippen molar-refractivity contribution in [2.24, 2.45) is 4.99 Å². The number of hydrogen-bond acceptors (Lipinski definition) is 3. The van der Waals surface area contributed by atoms with Gasteiger partial charge in [0.1, 0.15) is 5.01 Å². The number of aromatic nitrogens is 1. The van der Waals surface area contributed by atoms with Gasteiger partial charge in [0.05, 0.1) is 13.1 Å². The molecule has 0 aliphatic carbocycles. The minimum Gasteiger partial charge on any atom is -0.357 e. The molecule has 0 aliphatic heterocycles. The van der Waals surface area contributed by atoms with Crippen LogP contribution in [0, 0.1) is 13.8 Å². The lowest BCUT2D eigenvalue weighted by Crippen LogP contribution is -2.36. The van der Waals surface area contributed by atoms with Gasteiger partial charge in [0.2, 0.25) is 0 Å². The summed E-state index contributed by atoms with van der Waals surface area (Å²) in [5.74, 6) is 0.817. The van der Waals surface area contributed by atoms with E-state index < -0.39 is 0 Å². The van der Waals surface area contributed by atoms with Crippen LogP contribution in [0.15, 0.2) is 33.9 Å². The van der Waals surface area contributed by atoms with E-state index in [1.807, 2.05) is 6.20 Å². The monoisotopic (exact) mass is 380 g/mol. The fourth-order valence-corrected chi connectivity index (χ4v) is 3.19. The number of halogens is 1. The fraction of sp³-hybridized carbons (Fsp3) is 0.375. The molecule has 0 fully saturated rings. The second kappa shape index (κ2) is 8.29. The smallest absolute Gasteiger partial charge is 0.191 e. The van der Waals surface area contributed by atoms with Gasteiger partial charge in [0, 0.05) is 22.1 Å². The van der Waals surface area contributed by atoms with Crippen LogP contribution in [0.2, 0.25) is 0 Å². The highest BCUT2D eigenvalue weighted by molar-refractivity contribution is 9.10. The van der Waals surface area contributed by atoms with Crippen molar-refractivity contribution in [3.8, 4) is 0 Å². The van der Waals surface area contributed by atoms with Gasteiger partial charge < -0.3 is 10.6 Å². The summed E-state index contributed by atoms with van der Waals surface area (Å²) in [5, 5.41) is 7.67. The van der Waals surface area contributed by atoms with E-state index >= 15 is 0 Å². The molecule has 0 saturated carbocycles. The van der Waals surface area contributed by atoms with Crippen molar-refractivity contribution in [2.45, 2.75) is 33.9 Å². The largest absolute Gasteiger partial charge is 0.357 e. The highest BCUT2D eigenvalue weighted by Gasteiger charge is 2.03. The Bertz CT molecular complexity index is 651. The SMILES string of the molecule is CCNC(=NCc1ccc(Br)cc1C)NCc1ncc(C)s1. The lowest BCUT2D eigenvalue weighted by molar-refractivity contribution is 0.811. The Balaban J connectivity index is 1.99. The molecule has 1 aromatic carbocycles. The van der Waals surface area contributed by atoms with Crippen molar-refractivity contribution in [1.82, 2.24) is 15.6 Å². The number of thiazole rings is 1. The molecule has 118 valence electrons. The van der Waals surface area contributed by atoms with Crippen LogP contribution < -0.4 is 10.6 Å². The molecule has 1 heterocycles. The highest BCUT2D eigenvalue weighted by Crippen LogP contribution is 2.16. The molecule has 0 radical (unpaired) electrons. The van der Waals surface area contributed by atoms with E-state index in [4.69, 9.17) is 0 Å². The van der Waals surface area contributed by atoms with Crippen LogP contribution >= 0.6 is 27.3 Å². The Hall–Kier alpha value is -1.40. The Morgan fingerprint density at radius 2 is 2.14 bits per heavy atom. The zero-order chi connectivity index (χ0) is 15.9. The Morgan fingerprint density at radius 1 is 1.32 bits per heavy atom. The Morgan fingerprint density at radius 3 is 2.77 bits per heavy atom. The summed E-state index contributed by atoms with van der Waals surface area (Å²) in [4.78, 5) is 10.2. The standard InChI is InChI=1S/C16H21BrN4S/c1-4-18-16(21-10-15-19-8-12(3)22-15)20-9-13-5-6-14(17)7-11(13)2/h5-8H,4,9-10H2,1-3H3,(H2,18,20,21). The molecule has 0 atom stereocenters. The summed E-state index contributed by atoms with van der Waals surface area (Å²) in [6.45, 7) is 8.43. The molecule has 2 rings (SSSR count). The summed E-state index contributed by atoms with van der Waals surface area (Å²) in [5.41, 5.74) is 2.47. The molecule has 2 N–H and O–H groups in total. The maximum atomic E-state index is 4.65. The van der Waals surface area contributed by atoms with Gasteiger partial charge in [-0.1, -0.05) is 22.0 Å². The van der Waals surface area contributed by atoms with E-state index in [1.165, 1.54) is 16.0 Å². The molecule has 22 heavy (non-hydrogen) atoms. The first-order valence-electron chi connectivity index (χ1n) is 7.27. The summed E-state index contributed by atoms with van der Waals surface area (Å²) < 4.78 is 1.10. The maximum absolute atomic E-state index is 4.65. The molecule has 4 nitrogen and oxygen atoms in total. The Kier molecular flexibility index (Phi) is 6.39. The van der Waals surface area contributed by atoms with Gasteiger partial charge in [0.25, 0.3) is 0 Å². The van der Waals surface area contributed by atoms with Gasteiger partial charge in [-0.2, -0.15) is 0 Å². The third kappa shape index (κ3) is 5.10. The van der Waals surface area contributed by atoms with Crippen LogP contribution in [-0.4, -0.2) is 17.5 Å². The van der Waals surface area contributed by atoms with Gasteiger partial charge >= 0.3 is 0 Å². The van der Waals surface area contributed by atoms with Crippen molar-refractivity contribution >= 4 is 33.2 Å². The third-order valence-corrected chi connectivity index (χ3v) is 4.54. The summed E-state index contributed by atoms with van der Waals surface area (Å²) in [7, 11) is 0. The zero-order valence-electron chi connectivity index (χ0n) is 13.1. The summed E-state index contributed by atoms with van der Waals surface area (Å²) in [6, 6.07) is 6.27. The van der Waals surface area contributed by atoms with Crippen LogP contribution in [-0.2, 0) is 13.1 Å². The van der Waals surface area contributed by atoms with E-state index in [-0.39, 0.29) is 0 Å². The number of rotatable bonds is 5. The van der Waals surface area contributed by atoms with Gasteiger partial charge in [-0.15, -0.1) is 11.3 Å². The molecule has 0 aliphatic rings. The second-order valence-corrected chi connectivity index (χ2v) is 7.22. The molecule has 0 saturated heterocycles.